The molecule has 3 rings (SSSR count). The molecule has 0 aliphatic rings. The molecule has 1 aromatic heterocycles. The molecule has 0 spiro atoms. The van der Waals surface area contributed by atoms with Crippen LogP contribution in [0.2, 0.25) is 5.02 Å². The molecule has 0 saturated heterocycles. The summed E-state index contributed by atoms with van der Waals surface area (Å²) in [6, 6.07) is 9.10. The van der Waals surface area contributed by atoms with E-state index in [4.69, 9.17) is 25.6 Å². The highest BCUT2D eigenvalue weighted by Crippen LogP contribution is 2.36. The second-order valence-corrected chi connectivity index (χ2v) is 7.34. The second kappa shape index (κ2) is 9.95. The lowest BCUT2D eigenvalue weighted by atomic mass is 10.1. The van der Waals surface area contributed by atoms with E-state index in [1.807, 2.05) is 0 Å². The van der Waals surface area contributed by atoms with E-state index in [0.717, 1.165) is 11.6 Å². The number of anilines is 1. The zero-order valence-corrected chi connectivity index (χ0v) is 18.2. The summed E-state index contributed by atoms with van der Waals surface area (Å²) < 4.78 is 55.2. The summed E-state index contributed by atoms with van der Waals surface area (Å²) in [5.74, 6) is -1.07. The van der Waals surface area contributed by atoms with Crippen molar-refractivity contribution in [1.29, 1.82) is 0 Å². The summed E-state index contributed by atoms with van der Waals surface area (Å²) in [4.78, 5) is 24.6. The topological polar surface area (TPSA) is 90.7 Å². The number of nitrogens with one attached hydrogen (secondary N) is 1. The van der Waals surface area contributed by atoms with E-state index in [0.29, 0.717) is 17.5 Å². The van der Waals surface area contributed by atoms with Crippen LogP contribution in [-0.4, -0.2) is 23.6 Å². The van der Waals surface area contributed by atoms with Crippen molar-refractivity contribution in [3.8, 4) is 5.75 Å². The molecule has 0 fully saturated rings. The highest BCUT2D eigenvalue weighted by molar-refractivity contribution is 6.30. The number of carbonyl (C=O) groups excluding carboxylic acids is 2. The molecule has 33 heavy (non-hydrogen) atoms. The Balaban J connectivity index is 1.64. The van der Waals surface area contributed by atoms with Crippen LogP contribution >= 0.6 is 11.6 Å². The molecule has 0 unspecified atom stereocenters. The SMILES string of the molecule is Cc1noc(C)c1COc1ccccc1C(=O)OCC(=O)Nc1ccc(Cl)cc1C(F)(F)F. The van der Waals surface area contributed by atoms with Gasteiger partial charge in [0.25, 0.3) is 5.91 Å². The first-order valence-electron chi connectivity index (χ1n) is 9.53. The van der Waals surface area contributed by atoms with Crippen LogP contribution in [0.3, 0.4) is 0 Å². The molecule has 1 heterocycles. The van der Waals surface area contributed by atoms with Crippen LogP contribution in [0.15, 0.2) is 47.0 Å². The smallest absolute Gasteiger partial charge is 0.418 e. The van der Waals surface area contributed by atoms with Gasteiger partial charge in [-0.1, -0.05) is 28.9 Å². The third-order valence-electron chi connectivity index (χ3n) is 4.56. The summed E-state index contributed by atoms with van der Waals surface area (Å²) in [5, 5.41) is 5.77. The van der Waals surface area contributed by atoms with Gasteiger partial charge in [-0.25, -0.2) is 4.79 Å². The Morgan fingerprint density at radius 2 is 1.88 bits per heavy atom. The number of benzene rings is 2. The van der Waals surface area contributed by atoms with E-state index in [1.165, 1.54) is 18.2 Å². The first-order valence-corrected chi connectivity index (χ1v) is 9.91. The summed E-state index contributed by atoms with van der Waals surface area (Å²) >= 11 is 5.62. The maximum absolute atomic E-state index is 13.2. The first kappa shape index (κ1) is 24.1. The van der Waals surface area contributed by atoms with Gasteiger partial charge in [0.05, 0.1) is 22.5 Å². The van der Waals surface area contributed by atoms with E-state index in [2.05, 4.69) is 10.5 Å². The second-order valence-electron chi connectivity index (χ2n) is 6.90. The number of alkyl halides is 3. The molecule has 7 nitrogen and oxygen atoms in total. The van der Waals surface area contributed by atoms with Crippen molar-refractivity contribution < 1.29 is 36.8 Å². The summed E-state index contributed by atoms with van der Waals surface area (Å²) in [5.41, 5.74) is -0.214. The highest BCUT2D eigenvalue weighted by Gasteiger charge is 2.34. The van der Waals surface area contributed by atoms with Crippen LogP contribution in [0.5, 0.6) is 5.75 Å². The molecule has 0 radical (unpaired) electrons. The van der Waals surface area contributed by atoms with Crippen molar-refractivity contribution in [3.63, 3.8) is 0 Å². The number of carbonyl (C=O) groups is 2. The average molecular weight is 483 g/mol. The molecule has 11 heteroatoms. The van der Waals surface area contributed by atoms with Gasteiger partial charge in [0.2, 0.25) is 0 Å². The number of para-hydroxylation sites is 1. The summed E-state index contributed by atoms with van der Waals surface area (Å²) in [7, 11) is 0. The van der Waals surface area contributed by atoms with Gasteiger partial charge >= 0.3 is 12.1 Å². The number of amides is 1. The Bertz CT molecular complexity index is 1160. The average Bonchev–Trinajstić information content (AvgIpc) is 3.08. The van der Waals surface area contributed by atoms with Crippen molar-refractivity contribution in [2.24, 2.45) is 0 Å². The monoisotopic (exact) mass is 482 g/mol. The molecule has 0 atom stereocenters. The number of aromatic nitrogens is 1. The van der Waals surface area contributed by atoms with Crippen molar-refractivity contribution in [3.05, 3.63) is 75.6 Å². The number of rotatable bonds is 7. The largest absolute Gasteiger partial charge is 0.488 e. The number of halogens is 4. The van der Waals surface area contributed by atoms with Gasteiger partial charge in [0.1, 0.15) is 23.7 Å². The normalized spacial score (nSPS) is 11.2. The Labute approximate surface area is 191 Å². The molecule has 0 aliphatic carbocycles. The quantitative estimate of drug-likeness (QED) is 0.457. The van der Waals surface area contributed by atoms with E-state index >= 15 is 0 Å². The zero-order chi connectivity index (χ0) is 24.2. The van der Waals surface area contributed by atoms with Crippen LogP contribution in [0.25, 0.3) is 0 Å². The fourth-order valence-electron chi connectivity index (χ4n) is 2.87. The standard InChI is InChI=1S/C22H18ClF3N2O5/c1-12-16(13(2)33-28-12)10-31-19-6-4-3-5-15(19)21(30)32-11-20(29)27-18-8-7-14(23)9-17(18)22(24,25)26/h3-9H,10-11H2,1-2H3,(H,27,29). The third-order valence-corrected chi connectivity index (χ3v) is 4.79. The summed E-state index contributed by atoms with van der Waals surface area (Å²) in [6.07, 6.45) is -4.73. The van der Waals surface area contributed by atoms with Gasteiger partial charge in [-0.3, -0.25) is 4.79 Å². The highest BCUT2D eigenvalue weighted by atomic mass is 35.5. The van der Waals surface area contributed by atoms with Gasteiger partial charge < -0.3 is 19.3 Å². The Hall–Kier alpha value is -3.53. The van der Waals surface area contributed by atoms with Gasteiger partial charge in [0.15, 0.2) is 6.61 Å². The number of nitrogens with zero attached hydrogens (tertiary/aromatic N) is 1. The minimum absolute atomic E-state index is 0.0412. The molecule has 2 aromatic carbocycles. The number of hydrogen-bond donors (Lipinski definition) is 1. The zero-order valence-electron chi connectivity index (χ0n) is 17.5. The maximum atomic E-state index is 13.2. The van der Waals surface area contributed by atoms with E-state index < -0.39 is 35.9 Å². The molecule has 1 amide bonds. The molecular weight excluding hydrogens is 465 g/mol. The van der Waals surface area contributed by atoms with Crippen LogP contribution in [0.1, 0.15) is 32.9 Å². The van der Waals surface area contributed by atoms with Crippen molar-refractivity contribution in [2.75, 3.05) is 11.9 Å². The van der Waals surface area contributed by atoms with Gasteiger partial charge in [-0.05, 0) is 44.2 Å². The molecule has 0 bridgehead atoms. The van der Waals surface area contributed by atoms with Crippen LogP contribution in [-0.2, 0) is 22.3 Å². The fraction of sp³-hybridized carbons (Fsp3) is 0.227. The molecule has 1 N–H and O–H groups in total. The van der Waals surface area contributed by atoms with E-state index in [9.17, 15) is 22.8 Å². The first-order chi connectivity index (χ1) is 15.6. The number of ether oxygens (including phenoxy) is 2. The predicted octanol–water partition coefficient (Wildman–Crippen LogP) is 5.34. The molecular formula is C22H18ClF3N2O5. The van der Waals surface area contributed by atoms with Gasteiger partial charge in [0, 0.05) is 5.02 Å². The minimum atomic E-state index is -4.73. The minimum Gasteiger partial charge on any atom is -0.488 e. The Morgan fingerprint density at radius 3 is 2.55 bits per heavy atom. The lowest BCUT2D eigenvalue weighted by Gasteiger charge is -2.14. The lowest BCUT2D eigenvalue weighted by Crippen LogP contribution is -2.23. The molecule has 3 aromatic rings. The van der Waals surface area contributed by atoms with Crippen LogP contribution in [0, 0.1) is 13.8 Å². The van der Waals surface area contributed by atoms with Gasteiger partial charge in [-0.2, -0.15) is 13.2 Å². The van der Waals surface area contributed by atoms with Crippen LogP contribution < -0.4 is 10.1 Å². The number of aryl methyl sites for hydroxylation is 2. The van der Waals surface area contributed by atoms with Crippen molar-refractivity contribution >= 4 is 29.2 Å². The summed E-state index contributed by atoms with van der Waals surface area (Å²) in [6.45, 7) is 2.75. The predicted molar refractivity (Wildman–Crippen MR) is 112 cm³/mol. The van der Waals surface area contributed by atoms with Crippen molar-refractivity contribution in [1.82, 2.24) is 5.16 Å². The lowest BCUT2D eigenvalue weighted by molar-refractivity contribution is -0.137. The van der Waals surface area contributed by atoms with Crippen molar-refractivity contribution in [2.45, 2.75) is 26.6 Å². The number of hydrogen-bond acceptors (Lipinski definition) is 6. The van der Waals surface area contributed by atoms with Crippen LogP contribution in [0.4, 0.5) is 18.9 Å². The molecule has 174 valence electrons. The third kappa shape index (κ3) is 6.04. The van der Waals surface area contributed by atoms with Gasteiger partial charge in [-0.15, -0.1) is 0 Å². The Morgan fingerprint density at radius 1 is 1.15 bits per heavy atom. The fourth-order valence-corrected chi connectivity index (χ4v) is 3.05. The number of esters is 1. The van der Waals surface area contributed by atoms with E-state index in [-0.39, 0.29) is 22.9 Å². The maximum Gasteiger partial charge on any atom is 0.418 e. The molecule has 0 aliphatic heterocycles. The molecule has 0 saturated carbocycles. The Kier molecular flexibility index (Phi) is 7.27. The van der Waals surface area contributed by atoms with E-state index in [1.54, 1.807) is 26.0 Å².